The van der Waals surface area contributed by atoms with Crippen LogP contribution < -0.4 is 0 Å². The Labute approximate surface area is 167 Å². The molecule has 0 N–H and O–H groups in total. The second kappa shape index (κ2) is 9.82. The van der Waals surface area contributed by atoms with Crippen molar-refractivity contribution in [2.75, 3.05) is 11.5 Å². The zero-order valence-electron chi connectivity index (χ0n) is 15.1. The van der Waals surface area contributed by atoms with E-state index in [2.05, 4.69) is 0 Å². The Morgan fingerprint density at radius 2 is 1.00 bits per heavy atom. The Bertz CT molecular complexity index is 744. The second-order valence-electron chi connectivity index (χ2n) is 6.35. The first-order chi connectivity index (χ1) is 13.5. The van der Waals surface area contributed by atoms with E-state index in [1.54, 1.807) is 0 Å². The number of alkyl halides is 6. The van der Waals surface area contributed by atoms with E-state index in [1.165, 1.54) is 11.8 Å². The van der Waals surface area contributed by atoms with Crippen LogP contribution in [-0.2, 0) is 25.2 Å². The van der Waals surface area contributed by atoms with Crippen molar-refractivity contribution in [2.45, 2.75) is 38.0 Å². The minimum Gasteiger partial charge on any atom is -0.207 e. The average Bonchev–Trinajstić information content (AvgIpc) is 2.61. The summed E-state index contributed by atoms with van der Waals surface area (Å²) in [6.45, 7) is 0. The summed E-state index contributed by atoms with van der Waals surface area (Å²) < 4.78 is 105. The van der Waals surface area contributed by atoms with Crippen LogP contribution in [0.25, 0.3) is 0 Å². The zero-order valence-corrected chi connectivity index (χ0v) is 16.0. The van der Waals surface area contributed by atoms with E-state index in [0.717, 1.165) is 36.4 Å². The van der Waals surface area contributed by atoms with E-state index < -0.39 is 35.1 Å². The molecule has 0 aliphatic rings. The number of hydrogen-bond acceptors (Lipinski definition) is 1. The fraction of sp³-hybridized carbons (Fsp3) is 0.400. The van der Waals surface area contributed by atoms with Crippen molar-refractivity contribution in [1.82, 2.24) is 0 Å². The first kappa shape index (κ1) is 23.5. The van der Waals surface area contributed by atoms with Gasteiger partial charge in [0, 0.05) is 11.1 Å². The highest BCUT2D eigenvalue weighted by Gasteiger charge is 2.35. The minimum absolute atomic E-state index is 0.0972. The van der Waals surface area contributed by atoms with Crippen molar-refractivity contribution >= 4 is 11.8 Å². The molecule has 0 radical (unpaired) electrons. The molecule has 0 unspecified atom stereocenters. The molecule has 0 heterocycles. The number of benzene rings is 2. The van der Waals surface area contributed by atoms with Crippen molar-refractivity contribution in [3.8, 4) is 0 Å². The Morgan fingerprint density at radius 1 is 0.621 bits per heavy atom. The van der Waals surface area contributed by atoms with Crippen LogP contribution in [0.2, 0.25) is 0 Å². The van der Waals surface area contributed by atoms with Crippen molar-refractivity contribution in [1.29, 1.82) is 0 Å². The van der Waals surface area contributed by atoms with Gasteiger partial charge in [0.15, 0.2) is 0 Å². The van der Waals surface area contributed by atoms with Gasteiger partial charge in [0.05, 0.1) is 11.1 Å². The predicted molar refractivity (Wildman–Crippen MR) is 96.8 cm³/mol. The molecule has 0 nitrogen and oxygen atoms in total. The number of halogens is 8. The average molecular weight is 442 g/mol. The van der Waals surface area contributed by atoms with Crippen LogP contribution in [0, 0.1) is 11.6 Å². The highest BCUT2D eigenvalue weighted by atomic mass is 32.2. The summed E-state index contributed by atoms with van der Waals surface area (Å²) in [7, 11) is 0. The summed E-state index contributed by atoms with van der Waals surface area (Å²) in [6, 6.07) is 5.63. The molecule has 29 heavy (non-hydrogen) atoms. The summed E-state index contributed by atoms with van der Waals surface area (Å²) in [4.78, 5) is 0. The van der Waals surface area contributed by atoms with Gasteiger partial charge in [-0.15, -0.1) is 0 Å². The van der Waals surface area contributed by atoms with Crippen LogP contribution in [0.1, 0.15) is 35.1 Å². The third-order valence-electron chi connectivity index (χ3n) is 4.28. The lowest BCUT2D eigenvalue weighted by molar-refractivity contribution is -0.139. The molecule has 0 spiro atoms. The molecule has 0 saturated heterocycles. The molecule has 0 saturated carbocycles. The van der Waals surface area contributed by atoms with Gasteiger partial charge >= 0.3 is 12.4 Å². The number of hydrogen-bond donors (Lipinski definition) is 0. The number of thioether (sulfide) groups is 1. The zero-order chi connectivity index (χ0) is 21.7. The summed E-state index contributed by atoms with van der Waals surface area (Å²) in [6.07, 6.45) is -8.91. The molecule has 9 heteroatoms. The van der Waals surface area contributed by atoms with E-state index >= 15 is 0 Å². The summed E-state index contributed by atoms with van der Waals surface area (Å²) >= 11 is 1.32. The van der Waals surface area contributed by atoms with Crippen LogP contribution in [-0.4, -0.2) is 11.5 Å². The highest BCUT2D eigenvalue weighted by molar-refractivity contribution is 7.99. The summed E-state index contributed by atoms with van der Waals surface area (Å²) in [5.41, 5.74) is -2.77. The predicted octanol–water partition coefficient (Wildman–Crippen LogP) is 7.30. The molecular weight excluding hydrogens is 424 g/mol. The highest BCUT2D eigenvalue weighted by Crippen LogP contribution is 2.35. The molecule has 0 bridgehead atoms. The molecule has 2 aromatic rings. The Kier molecular flexibility index (Phi) is 7.96. The van der Waals surface area contributed by atoms with Crippen LogP contribution in [0.3, 0.4) is 0 Å². The maximum atomic E-state index is 13.7. The van der Waals surface area contributed by atoms with Gasteiger partial charge in [-0.1, -0.05) is 12.1 Å². The van der Waals surface area contributed by atoms with Gasteiger partial charge in [0.1, 0.15) is 11.6 Å². The molecule has 2 aromatic carbocycles. The Balaban J connectivity index is 1.82. The maximum Gasteiger partial charge on any atom is 0.416 e. The number of rotatable bonds is 8. The van der Waals surface area contributed by atoms with E-state index in [0.29, 0.717) is 11.5 Å². The van der Waals surface area contributed by atoms with Gasteiger partial charge in [-0.25, -0.2) is 8.78 Å². The first-order valence-corrected chi connectivity index (χ1v) is 9.94. The normalized spacial score (nSPS) is 12.4. The third-order valence-corrected chi connectivity index (χ3v) is 5.43. The molecule has 160 valence electrons. The molecule has 0 fully saturated rings. The summed E-state index contributed by atoms with van der Waals surface area (Å²) in [5.74, 6) is -1.00. The van der Waals surface area contributed by atoms with Crippen molar-refractivity contribution in [3.05, 3.63) is 70.3 Å². The lowest BCUT2D eigenvalue weighted by atomic mass is 10.0. The standard InChI is InChI=1S/C20H18F8S/c21-17-9-1-7-15(19(23,24)25)13(17)5-3-11-29-12-4-6-14-16(20(26,27)28)8-2-10-18(14)22/h1-2,7-10H,3-6,11-12H2. The van der Waals surface area contributed by atoms with Crippen molar-refractivity contribution in [3.63, 3.8) is 0 Å². The Morgan fingerprint density at radius 3 is 1.34 bits per heavy atom. The third kappa shape index (κ3) is 6.62. The van der Waals surface area contributed by atoms with Gasteiger partial charge < -0.3 is 0 Å². The monoisotopic (exact) mass is 442 g/mol. The molecule has 2 rings (SSSR count). The lowest BCUT2D eigenvalue weighted by Gasteiger charge is -2.14. The molecular formula is C20H18F8S. The van der Waals surface area contributed by atoms with Gasteiger partial charge in [-0.3, -0.25) is 0 Å². The quantitative estimate of drug-likeness (QED) is 0.305. The van der Waals surface area contributed by atoms with E-state index in [9.17, 15) is 35.1 Å². The SMILES string of the molecule is Fc1cccc(C(F)(F)F)c1CCCSCCCc1c(F)cccc1C(F)(F)F. The lowest BCUT2D eigenvalue weighted by Crippen LogP contribution is -2.11. The van der Waals surface area contributed by atoms with Gasteiger partial charge in [-0.05, 0) is 61.5 Å². The molecule has 0 amide bonds. The second-order valence-corrected chi connectivity index (χ2v) is 7.57. The maximum absolute atomic E-state index is 13.7. The first-order valence-electron chi connectivity index (χ1n) is 8.78. The van der Waals surface area contributed by atoms with Crippen LogP contribution >= 0.6 is 11.8 Å². The van der Waals surface area contributed by atoms with E-state index in [1.807, 2.05) is 0 Å². The fourth-order valence-electron chi connectivity index (χ4n) is 2.96. The molecule has 0 atom stereocenters. The van der Waals surface area contributed by atoms with Gasteiger partial charge in [0.2, 0.25) is 0 Å². The van der Waals surface area contributed by atoms with E-state index in [-0.39, 0.29) is 36.8 Å². The van der Waals surface area contributed by atoms with Crippen LogP contribution in [0.4, 0.5) is 35.1 Å². The topological polar surface area (TPSA) is 0 Å². The largest absolute Gasteiger partial charge is 0.416 e. The molecule has 0 aromatic heterocycles. The van der Waals surface area contributed by atoms with Crippen LogP contribution in [0.5, 0.6) is 0 Å². The molecule has 0 aliphatic heterocycles. The van der Waals surface area contributed by atoms with Gasteiger partial charge in [-0.2, -0.15) is 38.1 Å². The Hall–Kier alpha value is -1.77. The van der Waals surface area contributed by atoms with E-state index in [4.69, 9.17) is 0 Å². The smallest absolute Gasteiger partial charge is 0.207 e. The van der Waals surface area contributed by atoms with Gasteiger partial charge in [0.25, 0.3) is 0 Å². The van der Waals surface area contributed by atoms with Crippen molar-refractivity contribution in [2.24, 2.45) is 0 Å². The minimum atomic E-state index is -4.64. The van der Waals surface area contributed by atoms with Crippen LogP contribution in [0.15, 0.2) is 36.4 Å². The summed E-state index contributed by atoms with van der Waals surface area (Å²) in [5, 5.41) is 0. The van der Waals surface area contributed by atoms with Crippen molar-refractivity contribution < 1.29 is 35.1 Å². The molecule has 0 aliphatic carbocycles. The fourth-order valence-corrected chi connectivity index (χ4v) is 3.86.